The number of carbonyl (C=O) groups excluding carboxylic acids is 1. The van der Waals surface area contributed by atoms with Gasteiger partial charge in [-0.05, 0) is 62.2 Å². The molecule has 1 heterocycles. The molecule has 0 fully saturated rings. The van der Waals surface area contributed by atoms with Crippen LogP contribution in [0.2, 0.25) is 5.02 Å². The van der Waals surface area contributed by atoms with Gasteiger partial charge in [0, 0.05) is 10.7 Å². The van der Waals surface area contributed by atoms with Crippen molar-refractivity contribution < 1.29 is 9.53 Å². The number of anilines is 1. The normalized spacial score (nSPS) is 11.9. The van der Waals surface area contributed by atoms with Crippen LogP contribution in [-0.4, -0.2) is 26.3 Å². The minimum atomic E-state index is -0.344. The molecule has 0 aliphatic rings. The zero-order valence-electron chi connectivity index (χ0n) is 15.8. The molecule has 0 spiro atoms. The van der Waals surface area contributed by atoms with E-state index in [-0.39, 0.29) is 17.8 Å². The molecule has 28 heavy (non-hydrogen) atoms. The van der Waals surface area contributed by atoms with Gasteiger partial charge in [0.15, 0.2) is 5.82 Å². The van der Waals surface area contributed by atoms with E-state index in [0.717, 1.165) is 16.8 Å². The Hall–Kier alpha value is -2.51. The summed E-state index contributed by atoms with van der Waals surface area (Å²) in [6, 6.07) is 13.1. The zero-order chi connectivity index (χ0) is 20.1. The van der Waals surface area contributed by atoms with Gasteiger partial charge < -0.3 is 10.1 Å². The number of aromatic nitrogens is 3. The maximum atomic E-state index is 12.4. The lowest BCUT2D eigenvalue weighted by molar-refractivity contribution is -0.115. The van der Waals surface area contributed by atoms with Gasteiger partial charge in [-0.25, -0.2) is 4.98 Å². The number of ether oxygens (including phenoxy) is 1. The Bertz CT molecular complexity index is 976. The van der Waals surface area contributed by atoms with Crippen LogP contribution in [-0.2, 0) is 11.4 Å². The smallest absolute Gasteiger partial charge is 0.237 e. The van der Waals surface area contributed by atoms with Crippen molar-refractivity contribution in [2.75, 3.05) is 5.32 Å². The Morgan fingerprint density at radius 2 is 2.11 bits per heavy atom. The topological polar surface area (TPSA) is 79.9 Å². The number of benzene rings is 2. The number of thioether (sulfide) groups is 1. The number of rotatable bonds is 7. The molecule has 1 aromatic heterocycles. The molecule has 0 aliphatic carbocycles. The van der Waals surface area contributed by atoms with E-state index < -0.39 is 0 Å². The molecule has 0 aliphatic heterocycles. The van der Waals surface area contributed by atoms with E-state index in [1.165, 1.54) is 11.8 Å². The van der Waals surface area contributed by atoms with Crippen molar-refractivity contribution in [1.82, 2.24) is 15.2 Å². The third-order valence-corrected chi connectivity index (χ3v) is 5.34. The number of halogens is 1. The van der Waals surface area contributed by atoms with Crippen molar-refractivity contribution in [2.45, 2.75) is 37.8 Å². The maximum absolute atomic E-state index is 12.4. The van der Waals surface area contributed by atoms with E-state index in [4.69, 9.17) is 16.3 Å². The number of H-pyrrole nitrogens is 1. The number of aromatic amines is 1. The lowest BCUT2D eigenvalue weighted by Crippen LogP contribution is -2.22. The molecule has 6 nitrogen and oxygen atoms in total. The standard InChI is InChI=1S/C20H21ClN4O2S/c1-12-5-4-6-15(9-12)22-19(26)14(3)28-20-23-18(24-25-20)11-27-16-7-8-17(21)13(2)10-16/h4-10,14H,11H2,1-3H3,(H,22,26)(H,23,24,25)/t14-/m0/s1. The molecule has 3 aromatic rings. The van der Waals surface area contributed by atoms with Gasteiger partial charge in [0.05, 0.1) is 5.25 Å². The molecule has 2 aromatic carbocycles. The van der Waals surface area contributed by atoms with Crippen molar-refractivity contribution >= 4 is 35.0 Å². The fourth-order valence-corrected chi connectivity index (χ4v) is 3.29. The number of nitrogens with zero attached hydrogens (tertiary/aromatic N) is 2. The fraction of sp³-hybridized carbons (Fsp3) is 0.250. The highest BCUT2D eigenvalue weighted by Gasteiger charge is 2.17. The van der Waals surface area contributed by atoms with Crippen LogP contribution in [0.1, 0.15) is 23.9 Å². The molecule has 0 saturated heterocycles. The third-order valence-electron chi connectivity index (χ3n) is 3.95. The van der Waals surface area contributed by atoms with E-state index in [0.29, 0.717) is 21.8 Å². The van der Waals surface area contributed by atoms with E-state index in [2.05, 4.69) is 20.5 Å². The number of hydrogen-bond donors (Lipinski definition) is 2. The maximum Gasteiger partial charge on any atom is 0.237 e. The van der Waals surface area contributed by atoms with Crippen molar-refractivity contribution in [1.29, 1.82) is 0 Å². The summed E-state index contributed by atoms with van der Waals surface area (Å²) < 4.78 is 5.70. The van der Waals surface area contributed by atoms with Crippen LogP contribution >= 0.6 is 23.4 Å². The van der Waals surface area contributed by atoms with Gasteiger partial charge in [-0.15, -0.1) is 5.10 Å². The van der Waals surface area contributed by atoms with Crippen LogP contribution in [0.15, 0.2) is 47.6 Å². The summed E-state index contributed by atoms with van der Waals surface area (Å²) in [6.45, 7) is 5.97. The van der Waals surface area contributed by atoms with Gasteiger partial charge in [-0.1, -0.05) is 35.5 Å². The Morgan fingerprint density at radius 3 is 2.86 bits per heavy atom. The first kappa shape index (κ1) is 20.2. The van der Waals surface area contributed by atoms with Gasteiger partial charge in [0.2, 0.25) is 11.1 Å². The van der Waals surface area contributed by atoms with Gasteiger partial charge in [-0.2, -0.15) is 0 Å². The number of aryl methyl sites for hydroxylation is 2. The van der Waals surface area contributed by atoms with E-state index in [1.54, 1.807) is 12.1 Å². The Morgan fingerprint density at radius 1 is 1.29 bits per heavy atom. The SMILES string of the molecule is Cc1cccc(NC(=O)[C@H](C)Sc2n[nH]c(COc3ccc(Cl)c(C)c3)n2)c1. The molecule has 1 amide bonds. The molecular formula is C20H21ClN4O2S. The highest BCUT2D eigenvalue weighted by Crippen LogP contribution is 2.23. The summed E-state index contributed by atoms with van der Waals surface area (Å²) in [5.41, 5.74) is 2.81. The van der Waals surface area contributed by atoms with Gasteiger partial charge in [0.1, 0.15) is 12.4 Å². The predicted molar refractivity (Wildman–Crippen MR) is 112 cm³/mol. The third kappa shape index (κ3) is 5.50. The average molecular weight is 417 g/mol. The van der Waals surface area contributed by atoms with Crippen molar-refractivity contribution in [3.05, 3.63) is 64.4 Å². The lowest BCUT2D eigenvalue weighted by atomic mass is 10.2. The van der Waals surface area contributed by atoms with Crippen LogP contribution in [0.3, 0.4) is 0 Å². The summed E-state index contributed by atoms with van der Waals surface area (Å²) in [5.74, 6) is 1.19. The Balaban J connectivity index is 1.53. The summed E-state index contributed by atoms with van der Waals surface area (Å²) in [7, 11) is 0. The summed E-state index contributed by atoms with van der Waals surface area (Å²) in [5, 5.41) is 10.7. The largest absolute Gasteiger partial charge is 0.486 e. The molecule has 8 heteroatoms. The summed E-state index contributed by atoms with van der Waals surface area (Å²) in [6.07, 6.45) is 0. The molecule has 1 atom stereocenters. The summed E-state index contributed by atoms with van der Waals surface area (Å²) in [4.78, 5) is 16.7. The molecule has 0 unspecified atom stereocenters. The quantitative estimate of drug-likeness (QED) is 0.542. The van der Waals surface area contributed by atoms with Crippen LogP contribution in [0.4, 0.5) is 5.69 Å². The monoisotopic (exact) mass is 416 g/mol. The van der Waals surface area contributed by atoms with Gasteiger partial charge in [0.25, 0.3) is 0 Å². The zero-order valence-corrected chi connectivity index (χ0v) is 17.4. The van der Waals surface area contributed by atoms with Crippen molar-refractivity contribution in [3.8, 4) is 5.75 Å². The van der Waals surface area contributed by atoms with Crippen molar-refractivity contribution in [2.24, 2.45) is 0 Å². The average Bonchev–Trinajstić information content (AvgIpc) is 3.10. The number of carbonyl (C=O) groups is 1. The molecule has 146 valence electrons. The number of hydrogen-bond acceptors (Lipinski definition) is 5. The molecule has 0 bridgehead atoms. The first-order valence-corrected chi connectivity index (χ1v) is 10.0. The summed E-state index contributed by atoms with van der Waals surface area (Å²) >= 11 is 7.30. The number of amides is 1. The van der Waals surface area contributed by atoms with Crippen LogP contribution in [0, 0.1) is 13.8 Å². The first-order chi connectivity index (χ1) is 13.4. The van der Waals surface area contributed by atoms with Gasteiger partial charge in [-0.3, -0.25) is 9.89 Å². The Kier molecular flexibility index (Phi) is 6.59. The van der Waals surface area contributed by atoms with Crippen LogP contribution < -0.4 is 10.1 Å². The molecule has 2 N–H and O–H groups in total. The van der Waals surface area contributed by atoms with Gasteiger partial charge >= 0.3 is 0 Å². The second-order valence-electron chi connectivity index (χ2n) is 6.38. The van der Waals surface area contributed by atoms with E-state index in [1.807, 2.05) is 51.1 Å². The highest BCUT2D eigenvalue weighted by atomic mass is 35.5. The second kappa shape index (κ2) is 9.12. The molecular weight excluding hydrogens is 396 g/mol. The molecule has 0 radical (unpaired) electrons. The van der Waals surface area contributed by atoms with E-state index in [9.17, 15) is 4.79 Å². The minimum absolute atomic E-state index is 0.102. The molecule has 3 rings (SSSR count). The first-order valence-electron chi connectivity index (χ1n) is 8.75. The number of nitrogens with one attached hydrogen (secondary N) is 2. The van der Waals surface area contributed by atoms with E-state index >= 15 is 0 Å². The minimum Gasteiger partial charge on any atom is -0.486 e. The molecule has 0 saturated carbocycles. The second-order valence-corrected chi connectivity index (χ2v) is 8.10. The van der Waals surface area contributed by atoms with Crippen molar-refractivity contribution in [3.63, 3.8) is 0 Å². The fourth-order valence-electron chi connectivity index (χ4n) is 2.43. The van der Waals surface area contributed by atoms with Crippen LogP contribution in [0.5, 0.6) is 5.75 Å². The highest BCUT2D eigenvalue weighted by molar-refractivity contribution is 8.00. The predicted octanol–water partition coefficient (Wildman–Crippen LogP) is 4.77. The Labute approximate surface area is 173 Å². The van der Waals surface area contributed by atoms with Crippen LogP contribution in [0.25, 0.3) is 0 Å². The lowest BCUT2D eigenvalue weighted by Gasteiger charge is -2.10.